The number of aryl methyl sites for hydroxylation is 3. The molecule has 4 aromatic carbocycles. The molecular weight excluding hydrogens is 1040 g/mol. The number of halogens is 3. The Labute approximate surface area is 428 Å². The van der Waals surface area contributed by atoms with Crippen LogP contribution in [0.2, 0.25) is 30.5 Å². The van der Waals surface area contributed by atoms with Crippen LogP contribution in [0.3, 0.4) is 0 Å². The largest absolute Gasteiger partial charge is 0.472 e. The molecule has 3 aliphatic heterocycles. The maximum Gasteiger partial charge on any atom is 0.426 e. The van der Waals surface area contributed by atoms with Gasteiger partial charge in [-0.05, 0) is 115 Å². The number of rotatable bonds is 9. The van der Waals surface area contributed by atoms with Gasteiger partial charge in [0.05, 0.1) is 41.4 Å². The number of nitrogens with one attached hydrogen (secondary N) is 1. The molecule has 0 radical (unpaired) electrons. The van der Waals surface area contributed by atoms with Gasteiger partial charge in [0.2, 0.25) is 17.4 Å². The predicted molar refractivity (Wildman–Crippen MR) is 285 cm³/mol. The Kier molecular flexibility index (Phi) is 17.8. The number of ketones is 2. The molecule has 0 aliphatic carbocycles. The molecule has 9 rings (SSSR count). The Morgan fingerprint density at radius 1 is 0.743 bits per heavy atom. The van der Waals surface area contributed by atoms with Crippen molar-refractivity contribution in [1.29, 1.82) is 0 Å². The molecule has 3 fully saturated rings. The van der Waals surface area contributed by atoms with Crippen LogP contribution >= 0.6 is 39.1 Å². The van der Waals surface area contributed by atoms with Crippen molar-refractivity contribution in [3.8, 4) is 5.88 Å². The minimum Gasteiger partial charge on any atom is -0.472 e. The van der Waals surface area contributed by atoms with Gasteiger partial charge in [0, 0.05) is 58.9 Å². The highest BCUT2D eigenvalue weighted by Crippen LogP contribution is 2.40. The molecule has 0 saturated carbocycles. The lowest BCUT2D eigenvalue weighted by atomic mass is 9.74. The lowest BCUT2D eigenvalue weighted by Gasteiger charge is -2.25. The van der Waals surface area contributed by atoms with Gasteiger partial charge in [0.15, 0.2) is 0 Å². The van der Waals surface area contributed by atoms with Gasteiger partial charge in [-0.25, -0.2) is 13.1 Å². The van der Waals surface area contributed by atoms with Crippen LogP contribution in [0.1, 0.15) is 81.5 Å². The van der Waals surface area contributed by atoms with E-state index in [0.717, 1.165) is 60.4 Å². The van der Waals surface area contributed by atoms with Gasteiger partial charge in [0.25, 0.3) is 5.56 Å². The quantitative estimate of drug-likeness (QED) is 0.108. The molecule has 0 unspecified atom stereocenters. The number of aromatic amines is 1. The van der Waals surface area contributed by atoms with Gasteiger partial charge in [-0.2, -0.15) is 13.8 Å². The molecule has 23 heteroatoms. The van der Waals surface area contributed by atoms with Crippen LogP contribution in [-0.2, 0) is 53.9 Å². The number of ether oxygens (including phenoxy) is 1. The van der Waals surface area contributed by atoms with Crippen molar-refractivity contribution in [2.45, 2.75) is 72.5 Å². The van der Waals surface area contributed by atoms with E-state index in [1.807, 2.05) is 51.7 Å². The van der Waals surface area contributed by atoms with E-state index in [4.69, 9.17) is 41.7 Å². The summed E-state index contributed by atoms with van der Waals surface area (Å²) in [6, 6.07) is 20.9. The Morgan fingerprint density at radius 3 is 1.84 bits per heavy atom. The third-order valence-electron chi connectivity index (χ3n) is 11.9. The van der Waals surface area contributed by atoms with Crippen molar-refractivity contribution in [3.63, 3.8) is 0 Å². The second kappa shape index (κ2) is 23.4. The van der Waals surface area contributed by atoms with E-state index in [1.165, 1.54) is 28.8 Å². The van der Waals surface area contributed by atoms with Crippen LogP contribution in [-0.4, -0.2) is 83.9 Å². The van der Waals surface area contributed by atoms with E-state index in [9.17, 15) is 22.8 Å². The van der Waals surface area contributed by atoms with Crippen molar-refractivity contribution >= 4 is 114 Å². The second-order valence-corrected chi connectivity index (χ2v) is 24.0. The molecule has 15 nitrogen and oxygen atoms in total. The van der Waals surface area contributed by atoms with Gasteiger partial charge in [-0.15, -0.1) is 0 Å². The van der Waals surface area contributed by atoms with Crippen molar-refractivity contribution in [3.05, 3.63) is 137 Å². The SMILES string of the molecule is CB1OB(C)OB(C)O1.Cc1ccc(C(=O)c2c[nH]n(C)c2=O)c(Cl)c1N=S1(=O)CCCCC1.Cn1ncc(C(=O)c2ccc(Br)c(N=S3(=O)CCCCC3)c2Cl)c1OCc1ccc2ccccc2c1. The average molecular weight is 1090 g/mol. The Hall–Kier alpha value is -4.47. The van der Waals surface area contributed by atoms with Gasteiger partial charge < -0.3 is 23.6 Å². The highest BCUT2D eigenvalue weighted by molar-refractivity contribution is 9.10. The number of nitrogens with zero attached hydrogens (tertiary/aromatic N) is 5. The first kappa shape index (κ1) is 53.3. The van der Waals surface area contributed by atoms with Gasteiger partial charge in [0.1, 0.15) is 23.4 Å². The smallest absolute Gasteiger partial charge is 0.426 e. The van der Waals surface area contributed by atoms with Gasteiger partial charge >= 0.3 is 21.4 Å². The zero-order chi connectivity index (χ0) is 50.3. The number of benzene rings is 4. The number of fused-ring (bicyclic) bond motifs is 1. The lowest BCUT2D eigenvalue weighted by Crippen LogP contribution is -2.44. The standard InChI is InChI=1S/C27H25BrClN3O3S.C17H20ClN3O3S.C3H9B3O3/c1-32-27(35-17-18-9-10-19-7-3-4-8-20(19)15-18)22(16-30-32)26(33)21-11-12-23(28)25(24(21)29)31-36(34)13-5-2-6-14-36;1-11-6-7-12(16(22)13-10-19-21(2)17(13)23)14(18)15(11)20-25(24)8-4-3-5-9-25;1-4-7-5(2)9-6(3)8-4/h3-4,7-12,15-16H,2,5-6,13-14,17H2,1H3;6-7,10,19H,3-5,8-9H2,1-2H3;1-3H3. The monoisotopic (exact) mass is 1090 g/mol. The lowest BCUT2D eigenvalue weighted by molar-refractivity contribution is 0.102. The summed E-state index contributed by atoms with van der Waals surface area (Å²) in [7, 11) is -1.89. The number of hydrogen-bond acceptors (Lipinski definition) is 12. The van der Waals surface area contributed by atoms with Crippen molar-refractivity contribution < 1.29 is 36.5 Å². The number of carbonyl (C=O) groups excluding carboxylic acids is 2. The van der Waals surface area contributed by atoms with E-state index in [0.29, 0.717) is 50.3 Å². The highest BCUT2D eigenvalue weighted by atomic mass is 79.9. The molecule has 2 aromatic heterocycles. The van der Waals surface area contributed by atoms with Crippen LogP contribution in [0.4, 0.5) is 11.4 Å². The highest BCUT2D eigenvalue weighted by Gasteiger charge is 2.32. The third kappa shape index (κ3) is 12.9. The molecule has 1 N–H and O–H groups in total. The molecule has 3 saturated heterocycles. The van der Waals surface area contributed by atoms with Crippen LogP contribution < -0.4 is 10.3 Å². The van der Waals surface area contributed by atoms with Crippen LogP contribution in [0.15, 0.2) is 97.1 Å². The summed E-state index contributed by atoms with van der Waals surface area (Å²) in [5.41, 5.74) is 2.85. The fourth-order valence-corrected chi connectivity index (χ4v) is 14.1. The average Bonchev–Trinajstić information content (AvgIpc) is 3.87. The van der Waals surface area contributed by atoms with Crippen molar-refractivity contribution in [2.24, 2.45) is 22.8 Å². The minimum atomic E-state index is -2.40. The number of hydrogen-bond donors (Lipinski definition) is 1. The summed E-state index contributed by atoms with van der Waals surface area (Å²) in [5, 5.41) is 9.52. The fraction of sp³-hybridized carbons (Fsp3) is 0.362. The molecule has 6 aromatic rings. The molecule has 0 spiro atoms. The molecule has 0 bridgehead atoms. The Balaban J connectivity index is 0.000000183. The van der Waals surface area contributed by atoms with Crippen LogP contribution in [0.25, 0.3) is 10.8 Å². The van der Waals surface area contributed by atoms with E-state index < -0.39 is 30.8 Å². The van der Waals surface area contributed by atoms with Crippen molar-refractivity contribution in [1.82, 2.24) is 19.6 Å². The summed E-state index contributed by atoms with van der Waals surface area (Å²) in [6.45, 7) is 7.67. The first-order valence-electron chi connectivity index (χ1n) is 23.0. The maximum absolute atomic E-state index is 13.6. The fourth-order valence-electron chi connectivity index (χ4n) is 8.19. The number of H-pyrrole nitrogens is 1. The molecule has 368 valence electrons. The zero-order valence-electron chi connectivity index (χ0n) is 39.9. The number of aromatic nitrogens is 4. The summed E-state index contributed by atoms with van der Waals surface area (Å²) in [4.78, 5) is 38.3. The van der Waals surface area contributed by atoms with E-state index in [-0.39, 0.29) is 60.5 Å². The van der Waals surface area contributed by atoms with E-state index in [2.05, 4.69) is 53.1 Å². The minimum absolute atomic E-state index is 0.0149. The maximum atomic E-state index is 13.6. The third-order valence-corrected chi connectivity index (χ3v) is 18.0. The zero-order valence-corrected chi connectivity index (χ0v) is 44.6. The first-order chi connectivity index (χ1) is 33.3. The first-order valence-corrected chi connectivity index (χ1v) is 28.3. The Bertz CT molecular complexity index is 3190. The molecule has 70 heavy (non-hydrogen) atoms. The van der Waals surface area contributed by atoms with E-state index >= 15 is 0 Å². The normalized spacial score (nSPS) is 16.4. The molecule has 3 aliphatic rings. The predicted octanol–water partition coefficient (Wildman–Crippen LogP) is 10.7. The molecule has 5 heterocycles. The van der Waals surface area contributed by atoms with Gasteiger partial charge in [-0.1, -0.05) is 78.5 Å². The summed E-state index contributed by atoms with van der Waals surface area (Å²) in [5.74, 6) is 1.75. The summed E-state index contributed by atoms with van der Waals surface area (Å²) >= 11 is 16.6. The Morgan fingerprint density at radius 2 is 1.27 bits per heavy atom. The molecule has 0 amide bonds. The van der Waals surface area contributed by atoms with Crippen molar-refractivity contribution in [2.75, 3.05) is 23.0 Å². The molecule has 0 atom stereocenters. The van der Waals surface area contributed by atoms with Crippen LogP contribution in [0.5, 0.6) is 5.88 Å². The van der Waals surface area contributed by atoms with E-state index in [1.54, 1.807) is 31.3 Å². The van der Waals surface area contributed by atoms with Gasteiger partial charge in [-0.3, -0.25) is 19.1 Å². The summed E-state index contributed by atoms with van der Waals surface area (Å²) in [6.07, 6.45) is 8.49. The second-order valence-electron chi connectivity index (χ2n) is 17.3. The topological polar surface area (TPSA) is 186 Å². The number of carbonyl (C=O) groups is 2. The summed E-state index contributed by atoms with van der Waals surface area (Å²) < 4.78 is 59.9. The molecular formula is C47H54B3BrCl2N6O9S2. The van der Waals surface area contributed by atoms with Crippen LogP contribution in [0, 0.1) is 6.92 Å².